The molecular weight excluding hydrogens is 413 g/mol. The summed E-state index contributed by atoms with van der Waals surface area (Å²) in [6.45, 7) is 1.99. The second-order valence-electron chi connectivity index (χ2n) is 7.66. The van der Waals surface area contributed by atoms with E-state index in [1.165, 1.54) is 16.8 Å². The van der Waals surface area contributed by atoms with Crippen molar-refractivity contribution in [2.75, 3.05) is 25.5 Å². The molecule has 2 amide bonds. The number of nitrogens with zero attached hydrogens (tertiary/aromatic N) is 5. The Balaban J connectivity index is 1.42. The lowest BCUT2D eigenvalue weighted by molar-refractivity contribution is 0.251. The van der Waals surface area contributed by atoms with Crippen LogP contribution in [0.5, 0.6) is 0 Å². The highest BCUT2D eigenvalue weighted by Crippen LogP contribution is 2.22. The minimum absolute atomic E-state index is 0.166. The number of nitrogens with one attached hydrogen (secondary N) is 2. The van der Waals surface area contributed by atoms with Crippen LogP contribution in [0.25, 0.3) is 11.4 Å². The van der Waals surface area contributed by atoms with Gasteiger partial charge in [-0.3, -0.25) is 0 Å². The molecule has 1 heterocycles. The third-order valence-corrected chi connectivity index (χ3v) is 4.93. The third kappa shape index (κ3) is 6.82. The van der Waals surface area contributed by atoms with E-state index in [1.54, 1.807) is 37.4 Å². The van der Waals surface area contributed by atoms with Crippen molar-refractivity contribution in [3.05, 3.63) is 59.4 Å². The molecule has 9 nitrogen and oxygen atoms in total. The topological polar surface area (TPSA) is 108 Å². The quantitative estimate of drug-likeness (QED) is 0.417. The van der Waals surface area contributed by atoms with Crippen LogP contribution in [0.15, 0.2) is 42.5 Å². The van der Waals surface area contributed by atoms with Gasteiger partial charge in [-0.15, -0.1) is 5.10 Å². The van der Waals surface area contributed by atoms with Gasteiger partial charge in [-0.25, -0.2) is 13.9 Å². The summed E-state index contributed by atoms with van der Waals surface area (Å²) in [5.41, 5.74) is 2.95. The Morgan fingerprint density at radius 1 is 1.16 bits per heavy atom. The molecule has 0 aliphatic heterocycles. The monoisotopic (exact) mass is 441 g/mol. The van der Waals surface area contributed by atoms with Gasteiger partial charge in [0.05, 0.1) is 6.61 Å². The normalized spacial score (nSPS) is 11.0. The zero-order valence-electron chi connectivity index (χ0n) is 18.3. The number of hydrogen-bond donors (Lipinski definition) is 3. The number of aliphatic hydroxyl groups excluding tert-OH is 1. The number of carbonyl (C=O) groups is 1. The molecule has 0 aliphatic rings. The summed E-state index contributed by atoms with van der Waals surface area (Å²) in [7, 11) is 3.74. The molecule has 0 aliphatic carbocycles. The highest BCUT2D eigenvalue weighted by atomic mass is 19.1. The zero-order valence-corrected chi connectivity index (χ0v) is 18.3. The van der Waals surface area contributed by atoms with Gasteiger partial charge in [0.25, 0.3) is 0 Å². The Hall–Kier alpha value is -3.37. The number of aliphatic hydroxyl groups is 1. The maximum atomic E-state index is 13.0. The van der Waals surface area contributed by atoms with E-state index in [2.05, 4.69) is 31.1 Å². The van der Waals surface area contributed by atoms with E-state index in [0.717, 1.165) is 31.5 Å². The molecule has 0 unspecified atom stereocenters. The van der Waals surface area contributed by atoms with Crippen LogP contribution in [0, 0.1) is 5.82 Å². The van der Waals surface area contributed by atoms with Gasteiger partial charge in [0.15, 0.2) is 5.82 Å². The lowest BCUT2D eigenvalue weighted by Gasteiger charge is -2.16. The lowest BCUT2D eigenvalue weighted by Crippen LogP contribution is -2.30. The van der Waals surface area contributed by atoms with Crippen molar-refractivity contribution in [3.63, 3.8) is 0 Å². The second kappa shape index (κ2) is 11.3. The molecule has 170 valence electrons. The fourth-order valence-corrected chi connectivity index (χ4v) is 3.32. The molecule has 0 spiro atoms. The number of rotatable bonds is 10. The average Bonchev–Trinajstić information content (AvgIpc) is 3.20. The van der Waals surface area contributed by atoms with E-state index in [4.69, 9.17) is 0 Å². The van der Waals surface area contributed by atoms with E-state index < -0.39 is 0 Å². The lowest BCUT2D eigenvalue weighted by atomic mass is 10.1. The number of halogens is 1. The van der Waals surface area contributed by atoms with Crippen molar-refractivity contribution in [2.45, 2.75) is 26.0 Å². The average molecular weight is 442 g/mol. The molecule has 3 rings (SSSR count). The number of anilines is 1. The molecule has 0 fully saturated rings. The molecular formula is C22H28FN7O2. The number of amides is 2. The molecule has 0 saturated carbocycles. The van der Waals surface area contributed by atoms with Crippen molar-refractivity contribution in [1.82, 2.24) is 30.4 Å². The standard InChI is InChI=1S/C22H28FN7O2/c1-29(14-16-5-7-19(23)8-6-16)10-4-3-9-24-22(32)25-20-12-17(15-31)11-18(13-20)21-26-27-28-30(21)2/h5-8,11-13,31H,3-4,9-10,14-15H2,1-2H3,(H2,24,25,32). The van der Waals surface area contributed by atoms with Crippen LogP contribution in [-0.2, 0) is 20.2 Å². The van der Waals surface area contributed by atoms with Crippen LogP contribution in [0.1, 0.15) is 24.0 Å². The van der Waals surface area contributed by atoms with E-state index in [-0.39, 0.29) is 18.5 Å². The van der Waals surface area contributed by atoms with Crippen LogP contribution >= 0.6 is 0 Å². The third-order valence-electron chi connectivity index (χ3n) is 4.93. The van der Waals surface area contributed by atoms with Crippen LogP contribution < -0.4 is 10.6 Å². The first-order valence-electron chi connectivity index (χ1n) is 10.4. The van der Waals surface area contributed by atoms with Gasteiger partial charge in [-0.1, -0.05) is 12.1 Å². The molecule has 32 heavy (non-hydrogen) atoms. The Labute approximate surface area is 186 Å². The van der Waals surface area contributed by atoms with Crippen molar-refractivity contribution >= 4 is 11.7 Å². The van der Waals surface area contributed by atoms with Crippen molar-refractivity contribution in [3.8, 4) is 11.4 Å². The SMILES string of the molecule is CN(CCCCNC(=O)Nc1cc(CO)cc(-c2nnnn2C)c1)Cc1ccc(F)cc1. The van der Waals surface area contributed by atoms with Crippen LogP contribution in [0.3, 0.4) is 0 Å². The second-order valence-corrected chi connectivity index (χ2v) is 7.66. The van der Waals surface area contributed by atoms with E-state index >= 15 is 0 Å². The van der Waals surface area contributed by atoms with Crippen molar-refractivity contribution in [2.24, 2.45) is 7.05 Å². The van der Waals surface area contributed by atoms with Gasteiger partial charge < -0.3 is 20.6 Å². The van der Waals surface area contributed by atoms with E-state index in [9.17, 15) is 14.3 Å². The molecule has 0 atom stereocenters. The summed E-state index contributed by atoms with van der Waals surface area (Å²) >= 11 is 0. The molecule has 2 aromatic carbocycles. The van der Waals surface area contributed by atoms with Gasteiger partial charge in [-0.05, 0) is 78.3 Å². The van der Waals surface area contributed by atoms with Crippen molar-refractivity contribution in [1.29, 1.82) is 0 Å². The predicted molar refractivity (Wildman–Crippen MR) is 119 cm³/mol. The fourth-order valence-electron chi connectivity index (χ4n) is 3.32. The number of tetrazole rings is 1. The zero-order chi connectivity index (χ0) is 22.9. The summed E-state index contributed by atoms with van der Waals surface area (Å²) in [5.74, 6) is 0.305. The first-order chi connectivity index (χ1) is 15.4. The summed E-state index contributed by atoms with van der Waals surface area (Å²) < 4.78 is 14.5. The van der Waals surface area contributed by atoms with Gasteiger partial charge in [0, 0.05) is 31.4 Å². The molecule has 3 aromatic rings. The number of urea groups is 1. The Kier molecular flexibility index (Phi) is 8.23. The highest BCUT2D eigenvalue weighted by molar-refractivity contribution is 5.90. The number of aryl methyl sites for hydroxylation is 1. The maximum Gasteiger partial charge on any atom is 0.319 e. The summed E-state index contributed by atoms with van der Waals surface area (Å²) in [5, 5.41) is 26.6. The van der Waals surface area contributed by atoms with Gasteiger partial charge >= 0.3 is 6.03 Å². The molecule has 0 saturated heterocycles. The predicted octanol–water partition coefficient (Wildman–Crippen LogP) is 2.54. The van der Waals surface area contributed by atoms with Gasteiger partial charge in [0.1, 0.15) is 5.82 Å². The van der Waals surface area contributed by atoms with E-state index in [1.807, 2.05) is 7.05 Å². The number of hydrogen-bond acceptors (Lipinski definition) is 6. The number of benzene rings is 2. The molecule has 1 aromatic heterocycles. The van der Waals surface area contributed by atoms with Crippen molar-refractivity contribution < 1.29 is 14.3 Å². The molecule has 10 heteroatoms. The van der Waals surface area contributed by atoms with Crippen LogP contribution in [-0.4, -0.2) is 56.4 Å². The number of unbranched alkanes of at least 4 members (excludes halogenated alkanes) is 1. The van der Waals surface area contributed by atoms with E-state index in [0.29, 0.717) is 29.2 Å². The van der Waals surface area contributed by atoms with Gasteiger partial charge in [0.2, 0.25) is 0 Å². The first kappa shape index (κ1) is 23.3. The Morgan fingerprint density at radius 3 is 2.62 bits per heavy atom. The summed E-state index contributed by atoms with van der Waals surface area (Å²) in [6, 6.07) is 11.4. The summed E-state index contributed by atoms with van der Waals surface area (Å²) in [6.07, 6.45) is 1.75. The van der Waals surface area contributed by atoms with Gasteiger partial charge in [-0.2, -0.15) is 0 Å². The smallest absolute Gasteiger partial charge is 0.319 e. The number of carbonyl (C=O) groups excluding carboxylic acids is 1. The van der Waals surface area contributed by atoms with Crippen LogP contribution in [0.4, 0.5) is 14.9 Å². The molecule has 0 radical (unpaired) electrons. The molecule has 3 N–H and O–H groups in total. The minimum atomic E-state index is -0.318. The Bertz CT molecular complexity index is 1020. The first-order valence-corrected chi connectivity index (χ1v) is 10.4. The van der Waals surface area contributed by atoms with Crippen LogP contribution in [0.2, 0.25) is 0 Å². The fraction of sp³-hybridized carbons (Fsp3) is 0.364. The largest absolute Gasteiger partial charge is 0.392 e. The number of aromatic nitrogens is 4. The Morgan fingerprint density at radius 2 is 1.94 bits per heavy atom. The summed E-state index contributed by atoms with van der Waals surface area (Å²) in [4.78, 5) is 14.4. The highest BCUT2D eigenvalue weighted by Gasteiger charge is 2.10. The maximum absolute atomic E-state index is 13.0. The minimum Gasteiger partial charge on any atom is -0.392 e. The molecule has 0 bridgehead atoms.